The molecule has 0 unspecified atom stereocenters. The molecule has 7 heteroatoms. The summed E-state index contributed by atoms with van der Waals surface area (Å²) in [6, 6.07) is 0. The number of thioether (sulfide) groups is 1. The van der Waals surface area contributed by atoms with Crippen molar-refractivity contribution >= 4 is 27.6 Å². The Morgan fingerprint density at radius 2 is 1.94 bits per heavy atom. The van der Waals surface area contributed by atoms with Gasteiger partial charge in [-0.15, -0.1) is 0 Å². The fourth-order valence-electron chi connectivity index (χ4n) is 1.03. The lowest BCUT2D eigenvalue weighted by atomic mass is 10.2. The molecule has 108 valence electrons. The highest BCUT2D eigenvalue weighted by atomic mass is 32.2. The number of sulfone groups is 1. The minimum atomic E-state index is -2.93. The van der Waals surface area contributed by atoms with Crippen molar-refractivity contribution in [2.75, 3.05) is 37.9 Å². The molecule has 0 bridgehead atoms. The van der Waals surface area contributed by atoms with Gasteiger partial charge in [0.05, 0.1) is 12.3 Å². The van der Waals surface area contributed by atoms with E-state index in [9.17, 15) is 8.42 Å². The Kier molecular flexibility index (Phi) is 7.70. The van der Waals surface area contributed by atoms with Gasteiger partial charge < -0.3 is 10.6 Å². The van der Waals surface area contributed by atoms with Gasteiger partial charge in [-0.3, -0.25) is 4.99 Å². The van der Waals surface area contributed by atoms with Crippen LogP contribution in [0.1, 0.15) is 20.8 Å². The topological polar surface area (TPSA) is 70.6 Å². The number of hydrogen-bond donors (Lipinski definition) is 2. The Morgan fingerprint density at radius 1 is 1.33 bits per heavy atom. The van der Waals surface area contributed by atoms with E-state index in [0.29, 0.717) is 19.0 Å². The Bertz CT molecular complexity index is 364. The first-order chi connectivity index (χ1) is 8.20. The van der Waals surface area contributed by atoms with E-state index < -0.39 is 9.84 Å². The second-order valence-corrected chi connectivity index (χ2v) is 8.49. The predicted molar refractivity (Wildman–Crippen MR) is 81.3 cm³/mol. The van der Waals surface area contributed by atoms with Crippen LogP contribution in [-0.2, 0) is 9.84 Å². The molecule has 0 aromatic carbocycles. The van der Waals surface area contributed by atoms with Crippen molar-refractivity contribution in [2.45, 2.75) is 25.5 Å². The quantitative estimate of drug-likeness (QED) is 0.535. The third-order valence-electron chi connectivity index (χ3n) is 2.28. The van der Waals surface area contributed by atoms with Crippen molar-refractivity contribution in [3.8, 4) is 0 Å². The van der Waals surface area contributed by atoms with E-state index in [2.05, 4.69) is 35.7 Å². The highest BCUT2D eigenvalue weighted by Crippen LogP contribution is 2.20. The van der Waals surface area contributed by atoms with E-state index in [0.717, 1.165) is 6.54 Å². The molecule has 5 nitrogen and oxygen atoms in total. The molecule has 0 aromatic rings. The fraction of sp³-hybridized carbons (Fsp3) is 0.909. The lowest BCUT2D eigenvalue weighted by molar-refractivity contribution is 0.600. The number of nitrogens with one attached hydrogen (secondary N) is 2. The van der Waals surface area contributed by atoms with Crippen LogP contribution in [0, 0.1) is 0 Å². The molecule has 0 heterocycles. The molecule has 0 aliphatic carbocycles. The maximum Gasteiger partial charge on any atom is 0.191 e. The molecule has 0 aliphatic heterocycles. The van der Waals surface area contributed by atoms with E-state index in [1.807, 2.05) is 6.92 Å². The first-order valence-electron chi connectivity index (χ1n) is 5.95. The summed E-state index contributed by atoms with van der Waals surface area (Å²) >= 11 is 1.76. The van der Waals surface area contributed by atoms with Gasteiger partial charge in [-0.25, -0.2) is 8.42 Å². The molecule has 0 spiro atoms. The largest absolute Gasteiger partial charge is 0.357 e. The summed E-state index contributed by atoms with van der Waals surface area (Å²) in [4.78, 5) is 4.45. The molecule has 0 amide bonds. The summed E-state index contributed by atoms with van der Waals surface area (Å²) in [5.41, 5.74) is 0. The van der Waals surface area contributed by atoms with Crippen LogP contribution in [0.15, 0.2) is 4.99 Å². The summed E-state index contributed by atoms with van der Waals surface area (Å²) in [6.45, 7) is 8.05. The normalized spacial score (nSPS) is 13.5. The summed E-state index contributed by atoms with van der Waals surface area (Å²) < 4.78 is 22.1. The zero-order valence-electron chi connectivity index (χ0n) is 11.9. The van der Waals surface area contributed by atoms with Gasteiger partial charge in [0.25, 0.3) is 0 Å². The van der Waals surface area contributed by atoms with Gasteiger partial charge in [-0.05, 0) is 27.0 Å². The van der Waals surface area contributed by atoms with Crippen LogP contribution in [0.25, 0.3) is 0 Å². The van der Waals surface area contributed by atoms with E-state index in [1.54, 1.807) is 11.8 Å². The average molecular weight is 295 g/mol. The van der Waals surface area contributed by atoms with Crippen LogP contribution in [0.5, 0.6) is 0 Å². The molecule has 0 saturated carbocycles. The average Bonchev–Trinajstić information content (AvgIpc) is 2.24. The summed E-state index contributed by atoms with van der Waals surface area (Å²) in [5, 5.41) is 6.12. The maximum atomic E-state index is 11.0. The highest BCUT2D eigenvalue weighted by molar-refractivity contribution is 7.99. The summed E-state index contributed by atoms with van der Waals surface area (Å²) in [6.07, 6.45) is 3.29. The van der Waals surface area contributed by atoms with Crippen LogP contribution >= 0.6 is 11.8 Å². The third-order valence-corrected chi connectivity index (χ3v) is 4.46. The van der Waals surface area contributed by atoms with Crippen LogP contribution in [0.4, 0.5) is 0 Å². The minimum Gasteiger partial charge on any atom is -0.357 e. The standard InChI is InChI=1S/C11H25N3O2S2/c1-6-12-10(13-7-8-18(5,15)16)14-9-11(2,3)17-4/h6-9H2,1-5H3,(H2,12,13,14). The van der Waals surface area contributed by atoms with E-state index >= 15 is 0 Å². The van der Waals surface area contributed by atoms with Crippen LogP contribution in [0.2, 0.25) is 0 Å². The summed E-state index contributed by atoms with van der Waals surface area (Å²) in [7, 11) is -2.93. The molecule has 0 aromatic heterocycles. The van der Waals surface area contributed by atoms with Crippen LogP contribution in [0.3, 0.4) is 0 Å². The molecule has 0 saturated heterocycles. The molecule has 0 rings (SSSR count). The predicted octanol–water partition coefficient (Wildman–Crippen LogP) is 0.728. The molecule has 0 radical (unpaired) electrons. The second-order valence-electron chi connectivity index (χ2n) is 4.72. The van der Waals surface area contributed by atoms with Gasteiger partial charge in [0.2, 0.25) is 0 Å². The van der Waals surface area contributed by atoms with Crippen molar-refractivity contribution < 1.29 is 8.42 Å². The number of nitrogens with zero attached hydrogens (tertiary/aromatic N) is 1. The smallest absolute Gasteiger partial charge is 0.191 e. The summed E-state index contributed by atoms with van der Waals surface area (Å²) in [5.74, 6) is 0.784. The van der Waals surface area contributed by atoms with Crippen molar-refractivity contribution in [3.05, 3.63) is 0 Å². The second kappa shape index (κ2) is 7.89. The van der Waals surface area contributed by atoms with Crippen molar-refractivity contribution in [3.63, 3.8) is 0 Å². The van der Waals surface area contributed by atoms with Crippen LogP contribution < -0.4 is 10.6 Å². The highest BCUT2D eigenvalue weighted by Gasteiger charge is 2.15. The molecular formula is C11H25N3O2S2. The molecule has 2 N–H and O–H groups in total. The molecule has 0 aliphatic rings. The van der Waals surface area contributed by atoms with Gasteiger partial charge in [0, 0.05) is 24.1 Å². The number of hydrogen-bond acceptors (Lipinski definition) is 4. The SMILES string of the molecule is CCNC(=NCC(C)(C)SC)NCCS(C)(=O)=O. The maximum absolute atomic E-state index is 11.0. The Hall–Kier alpha value is -0.430. The Balaban J connectivity index is 4.34. The number of aliphatic imine (C=N–C) groups is 1. The molecule has 18 heavy (non-hydrogen) atoms. The third kappa shape index (κ3) is 9.58. The van der Waals surface area contributed by atoms with Crippen molar-refractivity contribution in [2.24, 2.45) is 4.99 Å². The van der Waals surface area contributed by atoms with Gasteiger partial charge in [-0.2, -0.15) is 11.8 Å². The van der Waals surface area contributed by atoms with Crippen molar-refractivity contribution in [1.82, 2.24) is 10.6 Å². The van der Waals surface area contributed by atoms with Gasteiger partial charge >= 0.3 is 0 Å². The number of rotatable bonds is 7. The Morgan fingerprint density at radius 3 is 2.39 bits per heavy atom. The zero-order chi connectivity index (χ0) is 14.2. The molecule has 0 fully saturated rings. The minimum absolute atomic E-state index is 0.0825. The van der Waals surface area contributed by atoms with Crippen LogP contribution in [-0.4, -0.2) is 57.0 Å². The zero-order valence-corrected chi connectivity index (χ0v) is 13.5. The van der Waals surface area contributed by atoms with E-state index in [4.69, 9.17) is 0 Å². The lowest BCUT2D eigenvalue weighted by Gasteiger charge is -2.20. The van der Waals surface area contributed by atoms with Crippen molar-refractivity contribution in [1.29, 1.82) is 0 Å². The monoisotopic (exact) mass is 295 g/mol. The molecular weight excluding hydrogens is 270 g/mol. The lowest BCUT2D eigenvalue weighted by Crippen LogP contribution is -2.40. The first kappa shape index (κ1) is 17.6. The van der Waals surface area contributed by atoms with Gasteiger partial charge in [0.1, 0.15) is 9.84 Å². The Labute approximate surface area is 115 Å². The van der Waals surface area contributed by atoms with Gasteiger partial charge in [0.15, 0.2) is 5.96 Å². The first-order valence-corrected chi connectivity index (χ1v) is 9.24. The van der Waals surface area contributed by atoms with Gasteiger partial charge in [-0.1, -0.05) is 0 Å². The van der Waals surface area contributed by atoms with E-state index in [1.165, 1.54) is 6.26 Å². The number of guanidine groups is 1. The van der Waals surface area contributed by atoms with E-state index in [-0.39, 0.29) is 10.5 Å². The molecule has 0 atom stereocenters. The fourth-order valence-corrected chi connectivity index (χ4v) is 1.70.